The first-order valence-electron chi connectivity index (χ1n) is 8.38. The highest BCUT2D eigenvalue weighted by Gasteiger charge is 2.15. The van der Waals surface area contributed by atoms with Crippen molar-refractivity contribution in [1.29, 1.82) is 0 Å². The summed E-state index contributed by atoms with van der Waals surface area (Å²) < 4.78 is 0. The van der Waals surface area contributed by atoms with Gasteiger partial charge in [-0.3, -0.25) is 9.59 Å². The molecular weight excluding hydrogens is 314 g/mol. The molecule has 0 aromatic heterocycles. The Labute approximate surface area is 143 Å². The Morgan fingerprint density at radius 1 is 1.00 bits per heavy atom. The van der Waals surface area contributed by atoms with Crippen LogP contribution in [0.25, 0.3) is 27.4 Å². The number of nitrogens with zero attached hydrogens (tertiary/aromatic N) is 1. The highest BCUT2D eigenvalue weighted by Crippen LogP contribution is 2.20. The maximum absolute atomic E-state index is 12.9. The molecule has 0 atom stereocenters. The fourth-order valence-corrected chi connectivity index (χ4v) is 3.61. The van der Waals surface area contributed by atoms with Crippen molar-refractivity contribution in [2.45, 2.75) is 26.7 Å². The van der Waals surface area contributed by atoms with Gasteiger partial charge in [0.05, 0.1) is 10.7 Å². The average Bonchev–Trinajstić information content (AvgIpc) is 2.60. The van der Waals surface area contributed by atoms with Gasteiger partial charge in [0.2, 0.25) is 0 Å². The average molecular weight is 331 g/mol. The van der Waals surface area contributed by atoms with Crippen LogP contribution in [-0.2, 0) is 0 Å². The van der Waals surface area contributed by atoms with Gasteiger partial charge >= 0.3 is 0 Å². The zero-order chi connectivity index (χ0) is 17.7. The second-order valence-electron chi connectivity index (χ2n) is 6.39. The predicted octanol–water partition coefficient (Wildman–Crippen LogP) is 2.76. The van der Waals surface area contributed by atoms with Crippen LogP contribution in [0.2, 0.25) is 0 Å². The molecule has 1 heterocycles. The first kappa shape index (κ1) is 15.5. The van der Waals surface area contributed by atoms with Gasteiger partial charge in [0.25, 0.3) is 5.56 Å². The molecule has 2 aromatic carbocycles. The molecule has 2 aromatic rings. The maximum Gasteiger partial charge on any atom is 0.281 e. The number of hydrogen-bond donors (Lipinski definition) is 1. The van der Waals surface area contributed by atoms with E-state index in [1.807, 2.05) is 38.1 Å². The summed E-state index contributed by atoms with van der Waals surface area (Å²) in [5.41, 5.74) is 0.853. The van der Waals surface area contributed by atoms with Gasteiger partial charge in [-0.2, -0.15) is 0 Å². The van der Waals surface area contributed by atoms with Crippen LogP contribution in [0.3, 0.4) is 0 Å². The van der Waals surface area contributed by atoms with Crippen LogP contribution >= 0.6 is 0 Å². The maximum atomic E-state index is 12.9. The third kappa shape index (κ3) is 2.10. The normalized spacial score (nSPS) is 13.0. The largest absolute Gasteiger partial charge is 0.511 e. The van der Waals surface area contributed by atoms with Crippen LogP contribution in [0.1, 0.15) is 25.3 Å². The van der Waals surface area contributed by atoms with Gasteiger partial charge in [-0.05, 0) is 30.4 Å². The van der Waals surface area contributed by atoms with Crippen LogP contribution in [0, 0.1) is 17.4 Å². The monoisotopic (exact) mass is 331 g/mol. The Balaban J connectivity index is 2.58. The molecule has 0 bridgehead atoms. The van der Waals surface area contributed by atoms with Crippen molar-refractivity contribution < 1.29 is 5.11 Å². The number of aryl methyl sites for hydroxylation is 1. The standard InChI is InChI=1S/C21H17NO3/c1-3-6-15(23)18-16-12-7-4-5-8-13(12)20(24)14-10-9-11(2)19(17(14)16)22-21(18)25/h4-5,7-10,23H,3,6H2,1-2H3/b18-15+. The van der Waals surface area contributed by atoms with Gasteiger partial charge in [0.1, 0.15) is 5.76 Å². The summed E-state index contributed by atoms with van der Waals surface area (Å²) in [6.45, 7) is 3.81. The van der Waals surface area contributed by atoms with E-state index >= 15 is 0 Å². The summed E-state index contributed by atoms with van der Waals surface area (Å²) in [6.07, 6.45) is 1.11. The van der Waals surface area contributed by atoms with E-state index in [4.69, 9.17) is 0 Å². The summed E-state index contributed by atoms with van der Waals surface area (Å²) in [7, 11) is 0. The Hall–Kier alpha value is -3.01. The minimum Gasteiger partial charge on any atom is -0.511 e. The molecule has 0 amide bonds. The van der Waals surface area contributed by atoms with Crippen LogP contribution in [0.4, 0.5) is 0 Å². The van der Waals surface area contributed by atoms with E-state index in [0.717, 1.165) is 5.56 Å². The first-order chi connectivity index (χ1) is 12.0. The molecule has 0 unspecified atom stereocenters. The number of rotatable bonds is 2. The van der Waals surface area contributed by atoms with Crippen molar-refractivity contribution in [3.8, 4) is 0 Å². The molecule has 0 radical (unpaired) electrons. The summed E-state index contributed by atoms with van der Waals surface area (Å²) >= 11 is 0. The Bertz CT molecular complexity index is 1360. The smallest absolute Gasteiger partial charge is 0.281 e. The molecule has 4 heteroatoms. The zero-order valence-corrected chi connectivity index (χ0v) is 14.1. The lowest BCUT2D eigenvalue weighted by Crippen LogP contribution is -2.32. The van der Waals surface area contributed by atoms with Gasteiger partial charge in [0, 0.05) is 27.6 Å². The second kappa shape index (κ2) is 5.52. The molecule has 4 rings (SSSR count). The van der Waals surface area contributed by atoms with E-state index < -0.39 is 5.56 Å². The molecule has 0 spiro atoms. The SMILES string of the molecule is CCC/C(O)=c1\c(=O)nc2c(C)ccc3c2=c1c1ccccc1c3=O. The molecule has 25 heavy (non-hydrogen) atoms. The van der Waals surface area contributed by atoms with Gasteiger partial charge in [0.15, 0.2) is 5.43 Å². The van der Waals surface area contributed by atoms with Crippen LogP contribution in [0.15, 0.2) is 46.0 Å². The first-order valence-corrected chi connectivity index (χ1v) is 8.38. The number of aliphatic hydroxyl groups excluding tert-OH is 1. The summed E-state index contributed by atoms with van der Waals surface area (Å²) in [5, 5.41) is 13.8. The highest BCUT2D eigenvalue weighted by molar-refractivity contribution is 5.90. The fraction of sp³-hybridized carbons (Fsp3) is 0.190. The molecule has 1 aliphatic carbocycles. The van der Waals surface area contributed by atoms with E-state index in [-0.39, 0.29) is 16.4 Å². The molecule has 2 aliphatic rings. The third-order valence-corrected chi connectivity index (χ3v) is 4.77. The van der Waals surface area contributed by atoms with E-state index in [1.165, 1.54) is 0 Å². The van der Waals surface area contributed by atoms with Gasteiger partial charge in [-0.1, -0.05) is 37.3 Å². The number of fused-ring (bicyclic) bond motifs is 2. The molecule has 0 saturated carbocycles. The topological polar surface area (TPSA) is 67.3 Å². The van der Waals surface area contributed by atoms with Crippen molar-refractivity contribution in [2.75, 3.05) is 0 Å². The Morgan fingerprint density at radius 2 is 1.72 bits per heavy atom. The van der Waals surface area contributed by atoms with Crippen molar-refractivity contribution in [3.63, 3.8) is 0 Å². The zero-order valence-electron chi connectivity index (χ0n) is 14.1. The lowest BCUT2D eigenvalue weighted by atomic mass is 9.96. The fourth-order valence-electron chi connectivity index (χ4n) is 3.61. The van der Waals surface area contributed by atoms with Gasteiger partial charge in [-0.15, -0.1) is 0 Å². The number of aromatic nitrogens is 1. The van der Waals surface area contributed by atoms with E-state index in [9.17, 15) is 14.7 Å². The Kier molecular flexibility index (Phi) is 3.42. The summed E-state index contributed by atoms with van der Waals surface area (Å²) in [5.74, 6) is 0.0357. The van der Waals surface area contributed by atoms with Crippen molar-refractivity contribution >= 4 is 27.4 Å². The van der Waals surface area contributed by atoms with E-state index in [1.54, 1.807) is 12.1 Å². The van der Waals surface area contributed by atoms with E-state index in [0.29, 0.717) is 45.0 Å². The number of hydrogen-bond acceptors (Lipinski definition) is 4. The third-order valence-electron chi connectivity index (χ3n) is 4.77. The number of benzene rings is 2. The summed E-state index contributed by atoms with van der Waals surface area (Å²) in [4.78, 5) is 29.9. The molecule has 4 nitrogen and oxygen atoms in total. The Morgan fingerprint density at radius 3 is 2.44 bits per heavy atom. The van der Waals surface area contributed by atoms with Gasteiger partial charge in [-0.25, -0.2) is 4.98 Å². The molecule has 1 aliphatic heterocycles. The molecule has 124 valence electrons. The minimum absolute atomic E-state index is 0.0357. The molecule has 1 N–H and O–H groups in total. The van der Waals surface area contributed by atoms with Crippen molar-refractivity contribution in [2.24, 2.45) is 0 Å². The van der Waals surface area contributed by atoms with Crippen molar-refractivity contribution in [1.82, 2.24) is 4.98 Å². The van der Waals surface area contributed by atoms with Crippen LogP contribution in [-0.4, -0.2) is 10.1 Å². The molecule has 0 fully saturated rings. The van der Waals surface area contributed by atoms with E-state index in [2.05, 4.69) is 4.98 Å². The highest BCUT2D eigenvalue weighted by atomic mass is 16.3. The lowest BCUT2D eigenvalue weighted by Gasteiger charge is -2.08. The van der Waals surface area contributed by atoms with Crippen LogP contribution < -0.4 is 16.2 Å². The second-order valence-corrected chi connectivity index (χ2v) is 6.39. The quantitative estimate of drug-likeness (QED) is 0.613. The van der Waals surface area contributed by atoms with Gasteiger partial charge < -0.3 is 5.11 Å². The minimum atomic E-state index is -0.446. The lowest BCUT2D eigenvalue weighted by molar-refractivity contribution is 0.475. The molecule has 0 saturated heterocycles. The van der Waals surface area contributed by atoms with Crippen molar-refractivity contribution in [3.05, 3.63) is 78.2 Å². The van der Waals surface area contributed by atoms with Crippen LogP contribution in [0.5, 0.6) is 0 Å². The molecular formula is C21H17NO3. The number of aliphatic hydroxyl groups is 1. The predicted molar refractivity (Wildman–Crippen MR) is 99.2 cm³/mol. The summed E-state index contributed by atoms with van der Waals surface area (Å²) in [6, 6.07) is 10.8.